The van der Waals surface area contributed by atoms with Crippen molar-refractivity contribution < 1.29 is 19.1 Å². The topological polar surface area (TPSA) is 59.1 Å². The van der Waals surface area contributed by atoms with Gasteiger partial charge >= 0.3 is 0 Å². The van der Waals surface area contributed by atoms with Gasteiger partial charge in [-0.3, -0.25) is 9.59 Å². The van der Waals surface area contributed by atoms with E-state index in [2.05, 4.69) is 0 Å². The summed E-state index contributed by atoms with van der Waals surface area (Å²) in [6.45, 7) is 3.42. The van der Waals surface area contributed by atoms with E-state index in [-0.39, 0.29) is 17.7 Å². The molecule has 1 aromatic carbocycles. The Balaban J connectivity index is 1.80. The predicted octanol–water partition coefficient (Wildman–Crippen LogP) is 2.04. The number of methoxy groups -OCH3 is 1. The SMILES string of the molecule is COCCN1C(=O)c2ccccc2[C@@H](C(=O)N2CCOCC2)C12CCCC2. The molecule has 27 heavy (non-hydrogen) atoms. The second kappa shape index (κ2) is 7.60. The molecule has 2 heterocycles. The molecular formula is C21H28N2O4. The second-order valence-corrected chi connectivity index (χ2v) is 7.72. The molecule has 1 saturated heterocycles. The first-order valence-corrected chi connectivity index (χ1v) is 9.95. The van der Waals surface area contributed by atoms with Crippen molar-refractivity contribution in [3.8, 4) is 0 Å². The number of fused-ring (bicyclic) bond motifs is 1. The lowest BCUT2D eigenvalue weighted by atomic mass is 9.70. The Bertz CT molecular complexity index is 708. The zero-order chi connectivity index (χ0) is 18.9. The van der Waals surface area contributed by atoms with Gasteiger partial charge in [-0.1, -0.05) is 31.0 Å². The van der Waals surface area contributed by atoms with Gasteiger partial charge in [-0.2, -0.15) is 0 Å². The van der Waals surface area contributed by atoms with Crippen LogP contribution in [0.25, 0.3) is 0 Å². The molecule has 1 aliphatic carbocycles. The number of rotatable bonds is 4. The number of benzene rings is 1. The second-order valence-electron chi connectivity index (χ2n) is 7.72. The Hall–Kier alpha value is -1.92. The largest absolute Gasteiger partial charge is 0.383 e. The molecule has 6 heteroatoms. The molecule has 146 valence electrons. The van der Waals surface area contributed by atoms with Crippen LogP contribution in [0.5, 0.6) is 0 Å². The van der Waals surface area contributed by atoms with Gasteiger partial charge < -0.3 is 19.3 Å². The molecule has 6 nitrogen and oxygen atoms in total. The number of carbonyl (C=O) groups excluding carboxylic acids is 2. The highest BCUT2D eigenvalue weighted by atomic mass is 16.5. The first-order chi connectivity index (χ1) is 13.2. The number of carbonyl (C=O) groups is 2. The van der Waals surface area contributed by atoms with Crippen LogP contribution in [0.1, 0.15) is 47.5 Å². The summed E-state index contributed by atoms with van der Waals surface area (Å²) in [5, 5.41) is 0. The molecule has 0 N–H and O–H groups in total. The van der Waals surface area contributed by atoms with Crippen molar-refractivity contribution in [3.05, 3.63) is 35.4 Å². The monoisotopic (exact) mass is 372 g/mol. The van der Waals surface area contributed by atoms with Gasteiger partial charge in [-0.15, -0.1) is 0 Å². The first kappa shape index (κ1) is 18.4. The molecule has 2 amide bonds. The van der Waals surface area contributed by atoms with Crippen molar-refractivity contribution in [1.29, 1.82) is 0 Å². The molecule has 0 radical (unpaired) electrons. The van der Waals surface area contributed by atoms with Crippen molar-refractivity contribution in [2.24, 2.45) is 0 Å². The third-order valence-electron chi connectivity index (χ3n) is 6.38. The number of hydrogen-bond acceptors (Lipinski definition) is 4. The average molecular weight is 372 g/mol. The van der Waals surface area contributed by atoms with E-state index in [0.717, 1.165) is 31.2 Å². The Labute approximate surface area is 160 Å². The highest BCUT2D eigenvalue weighted by Gasteiger charge is 2.56. The van der Waals surface area contributed by atoms with Gasteiger partial charge in [-0.25, -0.2) is 0 Å². The molecule has 1 atom stereocenters. The summed E-state index contributed by atoms with van der Waals surface area (Å²) in [7, 11) is 1.65. The Morgan fingerprint density at radius 1 is 1.22 bits per heavy atom. The molecule has 2 fully saturated rings. The molecule has 3 aliphatic rings. The summed E-state index contributed by atoms with van der Waals surface area (Å²) in [6, 6.07) is 7.66. The maximum atomic E-state index is 13.7. The van der Waals surface area contributed by atoms with E-state index in [9.17, 15) is 9.59 Å². The maximum absolute atomic E-state index is 13.7. The molecule has 0 bridgehead atoms. The lowest BCUT2D eigenvalue weighted by Gasteiger charge is -2.51. The molecule has 1 saturated carbocycles. The van der Waals surface area contributed by atoms with Crippen LogP contribution in [0.2, 0.25) is 0 Å². The fourth-order valence-corrected chi connectivity index (χ4v) is 5.12. The summed E-state index contributed by atoms with van der Waals surface area (Å²) in [5.74, 6) is -0.123. The van der Waals surface area contributed by atoms with E-state index < -0.39 is 5.54 Å². The van der Waals surface area contributed by atoms with Gasteiger partial charge in [0.2, 0.25) is 5.91 Å². The molecule has 0 aromatic heterocycles. The Morgan fingerprint density at radius 2 is 1.93 bits per heavy atom. The van der Waals surface area contributed by atoms with Gasteiger partial charge in [-0.05, 0) is 24.5 Å². The number of amides is 2. The van der Waals surface area contributed by atoms with Crippen LogP contribution in [0, 0.1) is 0 Å². The number of hydrogen-bond donors (Lipinski definition) is 0. The fourth-order valence-electron chi connectivity index (χ4n) is 5.12. The lowest BCUT2D eigenvalue weighted by Crippen LogP contribution is -2.62. The molecule has 4 rings (SSSR count). The van der Waals surface area contributed by atoms with Crippen molar-refractivity contribution in [1.82, 2.24) is 9.80 Å². The summed E-state index contributed by atoms with van der Waals surface area (Å²) in [6.07, 6.45) is 3.84. The molecule has 1 aromatic rings. The van der Waals surface area contributed by atoms with Gasteiger partial charge in [0.15, 0.2) is 0 Å². The van der Waals surface area contributed by atoms with Crippen molar-refractivity contribution in [2.45, 2.75) is 37.1 Å². The standard InChI is InChI=1S/C21H28N2O4/c1-26-13-12-23-19(24)17-7-3-2-6-16(17)18(21(23)8-4-5-9-21)20(25)22-10-14-27-15-11-22/h2-3,6-7,18H,4-5,8-15H2,1H3/t18-/m0/s1. The minimum Gasteiger partial charge on any atom is -0.383 e. The summed E-state index contributed by atoms with van der Waals surface area (Å²) >= 11 is 0. The number of nitrogens with zero attached hydrogens (tertiary/aromatic N) is 2. The van der Waals surface area contributed by atoms with E-state index in [1.54, 1.807) is 7.11 Å². The molecule has 2 aliphatic heterocycles. The fraction of sp³-hybridized carbons (Fsp3) is 0.619. The summed E-state index contributed by atoms with van der Waals surface area (Å²) in [4.78, 5) is 30.9. The van der Waals surface area contributed by atoms with E-state index in [0.29, 0.717) is 45.0 Å². The van der Waals surface area contributed by atoms with Gasteiger partial charge in [0.25, 0.3) is 5.91 Å². The van der Waals surface area contributed by atoms with Crippen molar-refractivity contribution in [3.63, 3.8) is 0 Å². The number of morpholine rings is 1. The van der Waals surface area contributed by atoms with Crippen LogP contribution in [0.3, 0.4) is 0 Å². The van der Waals surface area contributed by atoms with Crippen LogP contribution >= 0.6 is 0 Å². The lowest BCUT2D eigenvalue weighted by molar-refractivity contribution is -0.141. The third-order valence-corrected chi connectivity index (χ3v) is 6.38. The van der Waals surface area contributed by atoms with E-state index in [1.165, 1.54) is 0 Å². The smallest absolute Gasteiger partial charge is 0.254 e. The first-order valence-electron chi connectivity index (χ1n) is 9.95. The van der Waals surface area contributed by atoms with Gasteiger partial charge in [0, 0.05) is 32.3 Å². The van der Waals surface area contributed by atoms with Crippen LogP contribution in [0.4, 0.5) is 0 Å². The van der Waals surface area contributed by atoms with Gasteiger partial charge in [0.1, 0.15) is 0 Å². The van der Waals surface area contributed by atoms with Crippen molar-refractivity contribution in [2.75, 3.05) is 46.6 Å². The highest BCUT2D eigenvalue weighted by molar-refractivity contribution is 6.02. The van der Waals surface area contributed by atoms with Crippen molar-refractivity contribution >= 4 is 11.8 Å². The Morgan fingerprint density at radius 3 is 2.63 bits per heavy atom. The normalized spacial score (nSPS) is 24.3. The number of ether oxygens (including phenoxy) is 2. The summed E-state index contributed by atoms with van der Waals surface area (Å²) < 4.78 is 10.7. The van der Waals surface area contributed by atoms with E-state index in [1.807, 2.05) is 34.1 Å². The summed E-state index contributed by atoms with van der Waals surface area (Å²) in [5.41, 5.74) is 1.13. The average Bonchev–Trinajstić information content (AvgIpc) is 3.18. The van der Waals surface area contributed by atoms with E-state index in [4.69, 9.17) is 9.47 Å². The Kier molecular flexibility index (Phi) is 5.19. The zero-order valence-corrected chi connectivity index (χ0v) is 16.0. The zero-order valence-electron chi connectivity index (χ0n) is 16.0. The molecular weight excluding hydrogens is 344 g/mol. The van der Waals surface area contributed by atoms with Crippen LogP contribution in [0.15, 0.2) is 24.3 Å². The minimum atomic E-state index is -0.431. The van der Waals surface area contributed by atoms with Crippen LogP contribution < -0.4 is 0 Å². The maximum Gasteiger partial charge on any atom is 0.254 e. The highest BCUT2D eigenvalue weighted by Crippen LogP contribution is 2.50. The molecule has 1 spiro atoms. The third kappa shape index (κ3) is 3.05. The quantitative estimate of drug-likeness (QED) is 0.812. The van der Waals surface area contributed by atoms with Crippen LogP contribution in [-0.4, -0.2) is 73.7 Å². The van der Waals surface area contributed by atoms with Gasteiger partial charge in [0.05, 0.1) is 31.3 Å². The minimum absolute atomic E-state index is 0.0376. The van der Waals surface area contributed by atoms with Crippen LogP contribution in [-0.2, 0) is 14.3 Å². The van der Waals surface area contributed by atoms with E-state index >= 15 is 0 Å². The predicted molar refractivity (Wildman–Crippen MR) is 101 cm³/mol. The molecule has 0 unspecified atom stereocenters.